The number of hydrogen-bond acceptors (Lipinski definition) is 1. The molecule has 0 spiro atoms. The molecule has 158 valence electrons. The lowest BCUT2D eigenvalue weighted by Gasteiger charge is -2.44. The molecule has 1 aliphatic heterocycles. The van der Waals surface area contributed by atoms with Gasteiger partial charge < -0.3 is 8.99 Å². The molecule has 31 heavy (non-hydrogen) atoms. The Kier molecular flexibility index (Phi) is 5.11. The van der Waals surface area contributed by atoms with Gasteiger partial charge in [0.05, 0.1) is 5.52 Å². The van der Waals surface area contributed by atoms with Crippen molar-refractivity contribution in [3.05, 3.63) is 96.7 Å². The first-order chi connectivity index (χ1) is 15.0. The summed E-state index contributed by atoms with van der Waals surface area (Å²) in [6.45, 7) is 8.89. The lowest BCUT2D eigenvalue weighted by molar-refractivity contribution is 0.259. The van der Waals surface area contributed by atoms with E-state index in [0.717, 1.165) is 19.6 Å². The topological polar surface area (TPSA) is 14.2 Å². The molecule has 0 bridgehead atoms. The van der Waals surface area contributed by atoms with Crippen LogP contribution in [0.3, 0.4) is 0 Å². The van der Waals surface area contributed by atoms with Crippen molar-refractivity contribution < 1.29 is 4.43 Å². The minimum Gasteiger partial charge on any atom is -0.407 e. The van der Waals surface area contributed by atoms with Crippen molar-refractivity contribution in [1.82, 2.24) is 4.57 Å². The fourth-order valence-electron chi connectivity index (χ4n) is 5.42. The molecule has 1 aliphatic rings. The van der Waals surface area contributed by atoms with Crippen molar-refractivity contribution in [2.45, 2.75) is 44.7 Å². The highest BCUT2D eigenvalue weighted by molar-refractivity contribution is 6.99. The zero-order valence-electron chi connectivity index (χ0n) is 18.7. The van der Waals surface area contributed by atoms with Crippen LogP contribution in [-0.4, -0.2) is 19.5 Å². The van der Waals surface area contributed by atoms with E-state index in [0.29, 0.717) is 5.92 Å². The van der Waals surface area contributed by atoms with Crippen LogP contribution < -0.4 is 10.4 Å². The van der Waals surface area contributed by atoms with E-state index in [1.807, 2.05) is 0 Å². The van der Waals surface area contributed by atoms with Crippen LogP contribution in [-0.2, 0) is 11.0 Å². The lowest BCUT2D eigenvalue weighted by atomic mass is 9.92. The van der Waals surface area contributed by atoms with E-state index in [1.54, 1.807) is 0 Å². The molecule has 0 amide bonds. The maximum Gasteiger partial charge on any atom is 0.261 e. The monoisotopic (exact) mass is 425 g/mol. The zero-order valence-corrected chi connectivity index (χ0v) is 19.7. The third kappa shape index (κ3) is 3.37. The Hall–Kier alpha value is -2.62. The summed E-state index contributed by atoms with van der Waals surface area (Å²) in [7, 11) is -2.50. The van der Waals surface area contributed by atoms with Gasteiger partial charge in [-0.1, -0.05) is 99.6 Å². The zero-order chi connectivity index (χ0) is 21.5. The van der Waals surface area contributed by atoms with Crippen LogP contribution in [0.5, 0.6) is 0 Å². The fourth-order valence-corrected chi connectivity index (χ4v) is 10.0. The van der Waals surface area contributed by atoms with Crippen LogP contribution >= 0.6 is 0 Å². The summed E-state index contributed by atoms with van der Waals surface area (Å²) in [5, 5.41) is 4.06. The summed E-state index contributed by atoms with van der Waals surface area (Å²) in [5.41, 5.74) is 2.83. The van der Waals surface area contributed by atoms with Crippen molar-refractivity contribution in [2.75, 3.05) is 6.61 Å². The van der Waals surface area contributed by atoms with Crippen molar-refractivity contribution in [2.24, 2.45) is 0 Å². The second-order valence-corrected chi connectivity index (χ2v) is 14.1. The van der Waals surface area contributed by atoms with Gasteiger partial charge in [-0.15, -0.1) is 0 Å². The van der Waals surface area contributed by atoms with Crippen LogP contribution in [0, 0.1) is 0 Å². The minimum absolute atomic E-state index is 0.0105. The molecule has 1 unspecified atom stereocenters. The molecule has 2 heterocycles. The molecular weight excluding hydrogens is 394 g/mol. The van der Waals surface area contributed by atoms with E-state index in [1.165, 1.54) is 26.8 Å². The summed E-state index contributed by atoms with van der Waals surface area (Å²) in [4.78, 5) is 0. The summed E-state index contributed by atoms with van der Waals surface area (Å²) in [5.74, 6) is 0.424. The van der Waals surface area contributed by atoms with Gasteiger partial charge in [0.25, 0.3) is 8.32 Å². The van der Waals surface area contributed by atoms with E-state index in [9.17, 15) is 0 Å². The van der Waals surface area contributed by atoms with Crippen LogP contribution in [0.2, 0.25) is 5.04 Å². The maximum absolute atomic E-state index is 7.26. The molecule has 1 aromatic heterocycles. The Morgan fingerprint density at radius 2 is 1.48 bits per heavy atom. The van der Waals surface area contributed by atoms with Gasteiger partial charge in [-0.2, -0.15) is 0 Å². The third-order valence-corrected chi connectivity index (χ3v) is 11.9. The molecule has 0 radical (unpaired) electrons. The standard InChI is InChI=1S/C28H31NOSi/c1-28(2,3)31(24-12-6-4-7-13-24,25-14-8-5-9-15-25)30-21-23-18-20-29-19-17-22-11-10-16-26(23)27(22)29/h4-17,19,23H,18,20-21H2,1-3H3. The average molecular weight is 426 g/mol. The Balaban J connectivity index is 1.58. The van der Waals surface area contributed by atoms with Crippen molar-refractivity contribution in [3.8, 4) is 0 Å². The van der Waals surface area contributed by atoms with Gasteiger partial charge in [0.15, 0.2) is 0 Å². The number of hydrogen-bond donors (Lipinski definition) is 0. The molecule has 4 aromatic rings. The molecule has 0 N–H and O–H groups in total. The van der Waals surface area contributed by atoms with Gasteiger partial charge in [-0.25, -0.2) is 0 Å². The number of aryl methyl sites for hydroxylation is 1. The predicted octanol–water partition coefficient (Wildman–Crippen LogP) is 5.71. The fraction of sp³-hybridized carbons (Fsp3) is 0.286. The average Bonchev–Trinajstić information content (AvgIpc) is 3.21. The largest absolute Gasteiger partial charge is 0.407 e. The Bertz CT molecular complexity index is 1130. The molecule has 1 atom stereocenters. The minimum atomic E-state index is -2.50. The van der Waals surface area contributed by atoms with Gasteiger partial charge in [-0.05, 0) is 38.8 Å². The number of nitrogens with zero attached hydrogens (tertiary/aromatic N) is 1. The van der Waals surface area contributed by atoms with Crippen LogP contribution in [0.1, 0.15) is 38.7 Å². The normalized spacial score (nSPS) is 16.5. The van der Waals surface area contributed by atoms with E-state index >= 15 is 0 Å². The Morgan fingerprint density at radius 1 is 0.839 bits per heavy atom. The molecule has 0 saturated heterocycles. The molecule has 2 nitrogen and oxygen atoms in total. The molecular formula is C28H31NOSi. The highest BCUT2D eigenvalue weighted by Crippen LogP contribution is 2.39. The summed E-state index contributed by atoms with van der Waals surface area (Å²) < 4.78 is 9.66. The smallest absolute Gasteiger partial charge is 0.261 e. The first-order valence-corrected chi connectivity index (χ1v) is 13.2. The molecule has 0 aliphatic carbocycles. The number of aromatic nitrogens is 1. The first-order valence-electron chi connectivity index (χ1n) is 11.3. The van der Waals surface area contributed by atoms with Crippen molar-refractivity contribution in [1.29, 1.82) is 0 Å². The predicted molar refractivity (Wildman–Crippen MR) is 133 cm³/mol. The van der Waals surface area contributed by atoms with Gasteiger partial charge in [0.1, 0.15) is 0 Å². The second-order valence-electron chi connectivity index (χ2n) is 9.75. The lowest BCUT2D eigenvalue weighted by Crippen LogP contribution is -2.66. The summed E-state index contributed by atoms with van der Waals surface area (Å²) in [6, 6.07) is 30.9. The molecule has 3 aromatic carbocycles. The van der Waals surface area contributed by atoms with Gasteiger partial charge in [0.2, 0.25) is 0 Å². The highest BCUT2D eigenvalue weighted by atomic mass is 28.4. The molecule has 0 saturated carbocycles. The van der Waals surface area contributed by atoms with Crippen molar-refractivity contribution >= 4 is 29.6 Å². The van der Waals surface area contributed by atoms with E-state index in [2.05, 4.69) is 116 Å². The van der Waals surface area contributed by atoms with Crippen molar-refractivity contribution in [3.63, 3.8) is 0 Å². The van der Waals surface area contributed by atoms with Gasteiger partial charge in [0, 0.05) is 25.3 Å². The first kappa shape index (κ1) is 20.3. The summed E-state index contributed by atoms with van der Waals surface area (Å²) in [6.07, 6.45) is 3.35. The third-order valence-electron chi connectivity index (χ3n) is 6.90. The van der Waals surface area contributed by atoms with Gasteiger partial charge in [-0.3, -0.25) is 0 Å². The maximum atomic E-state index is 7.26. The van der Waals surface area contributed by atoms with Crippen LogP contribution in [0.25, 0.3) is 10.9 Å². The molecule has 3 heteroatoms. The van der Waals surface area contributed by atoms with E-state index < -0.39 is 8.32 Å². The van der Waals surface area contributed by atoms with Crippen LogP contribution in [0.4, 0.5) is 0 Å². The van der Waals surface area contributed by atoms with Crippen LogP contribution in [0.15, 0.2) is 91.1 Å². The number of rotatable bonds is 5. The van der Waals surface area contributed by atoms with Gasteiger partial charge >= 0.3 is 0 Å². The number of benzene rings is 3. The Labute approximate surface area is 186 Å². The van der Waals surface area contributed by atoms with E-state index in [4.69, 9.17) is 4.43 Å². The second kappa shape index (κ2) is 7.81. The Morgan fingerprint density at radius 3 is 2.10 bits per heavy atom. The quantitative estimate of drug-likeness (QED) is 0.374. The number of para-hydroxylation sites is 1. The molecule has 5 rings (SSSR count). The highest BCUT2D eigenvalue weighted by Gasteiger charge is 2.50. The van der Waals surface area contributed by atoms with E-state index in [-0.39, 0.29) is 5.04 Å². The molecule has 0 fully saturated rings. The summed E-state index contributed by atoms with van der Waals surface area (Å²) >= 11 is 0. The SMILES string of the molecule is CC(C)(C)[Si](OCC1CCn2ccc3cccc1c32)(c1ccccc1)c1ccccc1.